The molecule has 0 radical (unpaired) electrons. The van der Waals surface area contributed by atoms with Crippen molar-refractivity contribution in [3.8, 4) is 46.5 Å². The minimum atomic E-state index is -1.27. The van der Waals surface area contributed by atoms with Gasteiger partial charge in [-0.3, -0.25) is 0 Å². The fraction of sp³-hybridized carbons (Fsp3) is 0.190. The van der Waals surface area contributed by atoms with E-state index < -0.39 is 5.97 Å². The molecule has 0 amide bonds. The number of aromatic carboxylic acids is 1. The van der Waals surface area contributed by atoms with E-state index in [9.17, 15) is 9.90 Å². The van der Waals surface area contributed by atoms with Gasteiger partial charge in [-0.05, 0) is 12.1 Å². The number of pyridine rings is 2. The molecule has 3 aromatic rings. The zero-order valence-electron chi connectivity index (χ0n) is 17.2. The van der Waals surface area contributed by atoms with Crippen LogP contribution in [0.15, 0.2) is 42.5 Å². The Morgan fingerprint density at radius 1 is 0.710 bits per heavy atom. The summed E-state index contributed by atoms with van der Waals surface area (Å²) in [5.41, 5.74) is -0.227. The SMILES string of the molecule is COc1cc(OC)nc(Oc2cccc(Oc3cc(OC)cc(OC)n3)c2C(=O)O)c1. The highest BCUT2D eigenvalue weighted by Crippen LogP contribution is 2.36. The van der Waals surface area contributed by atoms with E-state index in [0.29, 0.717) is 11.5 Å². The molecule has 0 saturated heterocycles. The molecule has 0 atom stereocenters. The summed E-state index contributed by atoms with van der Waals surface area (Å²) in [4.78, 5) is 20.3. The van der Waals surface area contributed by atoms with Crippen LogP contribution in [0, 0.1) is 0 Å². The summed E-state index contributed by atoms with van der Waals surface area (Å²) in [5, 5.41) is 9.81. The van der Waals surface area contributed by atoms with E-state index in [4.69, 9.17) is 28.4 Å². The third-order valence-electron chi connectivity index (χ3n) is 4.02. The van der Waals surface area contributed by atoms with Crippen molar-refractivity contribution in [2.45, 2.75) is 0 Å². The summed E-state index contributed by atoms with van der Waals surface area (Å²) in [6, 6.07) is 10.6. The van der Waals surface area contributed by atoms with Crippen LogP contribution in [-0.4, -0.2) is 49.5 Å². The first kappa shape index (κ1) is 21.5. The lowest BCUT2D eigenvalue weighted by molar-refractivity contribution is 0.0691. The number of ether oxygens (including phenoxy) is 6. The normalized spacial score (nSPS) is 10.2. The second kappa shape index (κ2) is 9.53. The van der Waals surface area contributed by atoms with Crippen molar-refractivity contribution in [3.05, 3.63) is 48.0 Å². The molecule has 0 saturated carbocycles. The van der Waals surface area contributed by atoms with Crippen molar-refractivity contribution in [1.82, 2.24) is 9.97 Å². The van der Waals surface area contributed by atoms with Crippen LogP contribution in [0.4, 0.5) is 0 Å². The largest absolute Gasteiger partial charge is 0.496 e. The van der Waals surface area contributed by atoms with Gasteiger partial charge in [0, 0.05) is 24.3 Å². The summed E-state index contributed by atoms with van der Waals surface area (Å²) in [7, 11) is 5.84. The zero-order chi connectivity index (χ0) is 22.4. The van der Waals surface area contributed by atoms with Crippen molar-refractivity contribution in [3.63, 3.8) is 0 Å². The van der Waals surface area contributed by atoms with Gasteiger partial charge in [-0.2, -0.15) is 9.97 Å². The van der Waals surface area contributed by atoms with Crippen LogP contribution in [0.2, 0.25) is 0 Å². The predicted molar refractivity (Wildman–Crippen MR) is 108 cm³/mol. The van der Waals surface area contributed by atoms with E-state index in [0.717, 1.165) is 0 Å². The van der Waals surface area contributed by atoms with Crippen LogP contribution in [0.1, 0.15) is 10.4 Å². The molecule has 0 aliphatic heterocycles. The van der Waals surface area contributed by atoms with Gasteiger partial charge in [-0.1, -0.05) is 6.07 Å². The predicted octanol–water partition coefficient (Wildman–Crippen LogP) is 3.79. The highest BCUT2D eigenvalue weighted by molar-refractivity contribution is 5.94. The Morgan fingerprint density at radius 2 is 1.13 bits per heavy atom. The summed E-state index contributed by atoms with van der Waals surface area (Å²) < 4.78 is 32.0. The molecule has 0 bridgehead atoms. The van der Waals surface area contributed by atoms with Crippen LogP contribution in [-0.2, 0) is 0 Å². The van der Waals surface area contributed by atoms with Crippen LogP contribution in [0.3, 0.4) is 0 Å². The monoisotopic (exact) mass is 428 g/mol. The first-order valence-electron chi connectivity index (χ1n) is 8.89. The van der Waals surface area contributed by atoms with Crippen molar-refractivity contribution in [1.29, 1.82) is 0 Å². The van der Waals surface area contributed by atoms with Gasteiger partial charge in [0.05, 0.1) is 28.4 Å². The molecule has 10 heteroatoms. The molecule has 0 unspecified atom stereocenters. The molecule has 1 aromatic carbocycles. The van der Waals surface area contributed by atoms with Gasteiger partial charge in [0.15, 0.2) is 0 Å². The van der Waals surface area contributed by atoms with Gasteiger partial charge in [0.1, 0.15) is 28.6 Å². The molecule has 0 aliphatic rings. The second-order valence-corrected chi connectivity index (χ2v) is 5.91. The third-order valence-corrected chi connectivity index (χ3v) is 4.02. The quantitative estimate of drug-likeness (QED) is 0.539. The second-order valence-electron chi connectivity index (χ2n) is 5.91. The molecule has 0 spiro atoms. The minimum Gasteiger partial charge on any atom is -0.496 e. The molecular weight excluding hydrogens is 408 g/mol. The maximum atomic E-state index is 12.0. The standard InChI is InChI=1S/C21H20N2O8/c1-26-12-8-16(28-3)22-18(10-12)30-14-6-5-7-15(20(14)21(24)25)31-19-11-13(27-2)9-17(23-19)29-4/h5-11H,1-4H3,(H,24,25). The number of aromatic nitrogens is 2. The first-order chi connectivity index (χ1) is 15.0. The van der Waals surface area contributed by atoms with Crippen LogP contribution >= 0.6 is 0 Å². The van der Waals surface area contributed by atoms with E-state index in [1.807, 2.05) is 0 Å². The van der Waals surface area contributed by atoms with Crippen LogP contribution < -0.4 is 28.4 Å². The van der Waals surface area contributed by atoms with Crippen molar-refractivity contribution >= 4 is 5.97 Å². The van der Waals surface area contributed by atoms with Crippen molar-refractivity contribution in [2.75, 3.05) is 28.4 Å². The zero-order valence-corrected chi connectivity index (χ0v) is 17.2. The fourth-order valence-electron chi connectivity index (χ4n) is 2.58. The van der Waals surface area contributed by atoms with Gasteiger partial charge in [0.25, 0.3) is 0 Å². The highest BCUT2D eigenvalue weighted by Gasteiger charge is 2.21. The molecule has 1 N–H and O–H groups in total. The van der Waals surface area contributed by atoms with Gasteiger partial charge in [-0.15, -0.1) is 0 Å². The van der Waals surface area contributed by atoms with E-state index in [1.54, 1.807) is 18.2 Å². The molecule has 0 fully saturated rings. The molecule has 162 valence electrons. The van der Waals surface area contributed by atoms with E-state index >= 15 is 0 Å². The average Bonchev–Trinajstić information content (AvgIpc) is 2.78. The van der Waals surface area contributed by atoms with Gasteiger partial charge in [0.2, 0.25) is 23.5 Å². The highest BCUT2D eigenvalue weighted by atomic mass is 16.5. The van der Waals surface area contributed by atoms with Crippen molar-refractivity contribution in [2.24, 2.45) is 0 Å². The number of benzene rings is 1. The first-order valence-corrected chi connectivity index (χ1v) is 8.89. The lowest BCUT2D eigenvalue weighted by Crippen LogP contribution is -2.04. The Labute approximate surface area is 177 Å². The topological polar surface area (TPSA) is 118 Å². The summed E-state index contributed by atoms with van der Waals surface area (Å²) in [5.74, 6) is 0.241. The number of rotatable bonds is 9. The maximum Gasteiger partial charge on any atom is 0.343 e. The van der Waals surface area contributed by atoms with Crippen molar-refractivity contribution < 1.29 is 38.3 Å². The number of hydrogen-bond acceptors (Lipinski definition) is 9. The summed E-state index contributed by atoms with van der Waals surface area (Å²) in [6.45, 7) is 0. The maximum absolute atomic E-state index is 12.0. The number of hydrogen-bond donors (Lipinski definition) is 1. The van der Waals surface area contributed by atoms with E-state index in [-0.39, 0.29) is 40.6 Å². The average molecular weight is 428 g/mol. The minimum absolute atomic E-state index is 0.00247. The Bertz CT molecular complexity index is 967. The molecule has 3 rings (SSSR count). The molecule has 0 aliphatic carbocycles. The third kappa shape index (κ3) is 5.04. The number of carboxylic acids is 1. The van der Waals surface area contributed by atoms with Gasteiger partial charge < -0.3 is 33.5 Å². The molecular formula is C21H20N2O8. The number of nitrogens with zero attached hydrogens (tertiary/aromatic N) is 2. The summed E-state index contributed by atoms with van der Waals surface area (Å²) >= 11 is 0. The smallest absolute Gasteiger partial charge is 0.343 e. The fourth-order valence-corrected chi connectivity index (χ4v) is 2.58. The lowest BCUT2D eigenvalue weighted by atomic mass is 10.2. The van der Waals surface area contributed by atoms with Gasteiger partial charge >= 0.3 is 5.97 Å². The van der Waals surface area contributed by atoms with Crippen LogP contribution in [0.5, 0.6) is 46.5 Å². The molecule has 10 nitrogen and oxygen atoms in total. The number of carbonyl (C=O) groups is 1. The Kier molecular flexibility index (Phi) is 6.61. The lowest BCUT2D eigenvalue weighted by Gasteiger charge is -2.14. The Hall–Kier alpha value is -4.21. The molecule has 2 aromatic heterocycles. The van der Waals surface area contributed by atoms with E-state index in [2.05, 4.69) is 9.97 Å². The van der Waals surface area contributed by atoms with E-state index in [1.165, 1.54) is 52.7 Å². The molecule has 31 heavy (non-hydrogen) atoms. The molecule has 2 heterocycles. The summed E-state index contributed by atoms with van der Waals surface area (Å²) in [6.07, 6.45) is 0. The Morgan fingerprint density at radius 3 is 1.48 bits per heavy atom. The Balaban J connectivity index is 2.00. The van der Waals surface area contributed by atoms with Gasteiger partial charge in [-0.25, -0.2) is 4.79 Å². The van der Waals surface area contributed by atoms with Crippen LogP contribution in [0.25, 0.3) is 0 Å². The number of carboxylic acid groups (broad SMARTS) is 1. The number of methoxy groups -OCH3 is 4.